The fourth-order valence-electron chi connectivity index (χ4n) is 4.56. The molecule has 0 aliphatic carbocycles. The standard InChI is InChI=1S/C26H26N4O3/c1-4-12-28-25(32)26(11-14-30(17-26)24(31)23-18(2)29-33-19(23)3)15-20-8-5-6-10-22(20)21-9-7-13-27-16-21/h1,5-10,13,16H,11-12,14-15,17H2,2-3H3,(H,28,32). The third-order valence-corrected chi connectivity index (χ3v) is 6.24. The number of carbonyl (C=O) groups excluding carboxylic acids is 2. The molecule has 3 aromatic rings. The molecule has 1 atom stereocenters. The molecule has 4 rings (SSSR count). The van der Waals surface area contributed by atoms with Crippen LogP contribution in [0.3, 0.4) is 0 Å². The van der Waals surface area contributed by atoms with E-state index in [1.807, 2.05) is 42.6 Å². The van der Waals surface area contributed by atoms with E-state index in [1.54, 1.807) is 24.9 Å². The van der Waals surface area contributed by atoms with Crippen LogP contribution in [0.2, 0.25) is 0 Å². The second-order valence-corrected chi connectivity index (χ2v) is 8.42. The first kappa shape index (κ1) is 22.3. The Hall–Kier alpha value is -3.92. The summed E-state index contributed by atoms with van der Waals surface area (Å²) in [7, 11) is 0. The zero-order valence-electron chi connectivity index (χ0n) is 18.8. The molecule has 1 N–H and O–H groups in total. The molecule has 7 nitrogen and oxygen atoms in total. The summed E-state index contributed by atoms with van der Waals surface area (Å²) < 4.78 is 5.18. The zero-order valence-corrected chi connectivity index (χ0v) is 18.8. The predicted molar refractivity (Wildman–Crippen MR) is 124 cm³/mol. The number of hydrogen-bond donors (Lipinski definition) is 1. The average molecular weight is 443 g/mol. The first-order valence-electron chi connectivity index (χ1n) is 10.9. The summed E-state index contributed by atoms with van der Waals surface area (Å²) >= 11 is 0. The van der Waals surface area contributed by atoms with E-state index >= 15 is 0 Å². The molecule has 7 heteroatoms. The molecule has 33 heavy (non-hydrogen) atoms. The second kappa shape index (κ2) is 9.29. The molecule has 1 aromatic carbocycles. The average Bonchev–Trinajstić information content (AvgIpc) is 3.42. The Balaban J connectivity index is 1.67. The van der Waals surface area contributed by atoms with E-state index in [0.717, 1.165) is 16.7 Å². The third kappa shape index (κ3) is 4.37. The Kier molecular flexibility index (Phi) is 6.27. The largest absolute Gasteiger partial charge is 0.361 e. The first-order chi connectivity index (χ1) is 15.9. The summed E-state index contributed by atoms with van der Waals surface area (Å²) in [6.45, 7) is 4.36. The van der Waals surface area contributed by atoms with Crippen molar-refractivity contribution in [3.8, 4) is 23.5 Å². The summed E-state index contributed by atoms with van der Waals surface area (Å²) in [6, 6.07) is 11.9. The molecule has 2 aromatic heterocycles. The lowest BCUT2D eigenvalue weighted by Gasteiger charge is -2.29. The van der Waals surface area contributed by atoms with Gasteiger partial charge >= 0.3 is 0 Å². The zero-order chi connectivity index (χ0) is 23.4. The number of hydrogen-bond acceptors (Lipinski definition) is 5. The van der Waals surface area contributed by atoms with Crippen molar-refractivity contribution in [2.75, 3.05) is 19.6 Å². The van der Waals surface area contributed by atoms with Crippen LogP contribution in [-0.2, 0) is 11.2 Å². The second-order valence-electron chi connectivity index (χ2n) is 8.42. The van der Waals surface area contributed by atoms with E-state index in [1.165, 1.54) is 0 Å². The smallest absolute Gasteiger partial charge is 0.259 e. The van der Waals surface area contributed by atoms with Crippen LogP contribution in [0.5, 0.6) is 0 Å². The summed E-state index contributed by atoms with van der Waals surface area (Å²) in [6.07, 6.45) is 9.93. The number of likely N-dealkylation sites (tertiary alicyclic amines) is 1. The van der Waals surface area contributed by atoms with Gasteiger partial charge in [-0.3, -0.25) is 14.6 Å². The number of aryl methyl sites for hydroxylation is 2. The van der Waals surface area contributed by atoms with Gasteiger partial charge in [0.1, 0.15) is 11.3 Å². The lowest BCUT2D eigenvalue weighted by molar-refractivity contribution is -0.130. The lowest BCUT2D eigenvalue weighted by Crippen LogP contribution is -2.45. The molecular formula is C26H26N4O3. The number of carbonyl (C=O) groups is 2. The van der Waals surface area contributed by atoms with Crippen LogP contribution in [-0.4, -0.2) is 46.5 Å². The summed E-state index contributed by atoms with van der Waals surface area (Å²) in [5.74, 6) is 2.64. The van der Waals surface area contributed by atoms with Gasteiger partial charge in [-0.05, 0) is 43.9 Å². The van der Waals surface area contributed by atoms with Gasteiger partial charge in [0.05, 0.1) is 17.7 Å². The lowest BCUT2D eigenvalue weighted by atomic mass is 9.78. The van der Waals surface area contributed by atoms with Gasteiger partial charge in [-0.15, -0.1) is 6.42 Å². The van der Waals surface area contributed by atoms with Gasteiger partial charge < -0.3 is 14.7 Å². The Labute approximate surface area is 193 Å². The molecular weight excluding hydrogens is 416 g/mol. The van der Waals surface area contributed by atoms with Crippen LogP contribution in [0.25, 0.3) is 11.1 Å². The van der Waals surface area contributed by atoms with Gasteiger partial charge in [0, 0.05) is 31.0 Å². The normalized spacial score (nSPS) is 17.5. The maximum absolute atomic E-state index is 13.4. The van der Waals surface area contributed by atoms with Crippen LogP contribution in [0.4, 0.5) is 0 Å². The molecule has 0 saturated carbocycles. The number of benzene rings is 1. The van der Waals surface area contributed by atoms with Crippen molar-refractivity contribution in [3.05, 3.63) is 71.4 Å². The quantitative estimate of drug-likeness (QED) is 0.593. The molecule has 0 spiro atoms. The topological polar surface area (TPSA) is 88.3 Å². The van der Waals surface area contributed by atoms with Crippen LogP contribution < -0.4 is 5.32 Å². The number of nitrogens with one attached hydrogen (secondary N) is 1. The first-order valence-corrected chi connectivity index (χ1v) is 10.9. The molecule has 1 aliphatic rings. The summed E-state index contributed by atoms with van der Waals surface area (Å²) in [4.78, 5) is 32.6. The van der Waals surface area contributed by atoms with Crippen LogP contribution in [0.1, 0.15) is 33.8 Å². The number of aromatic nitrogens is 2. The van der Waals surface area contributed by atoms with Crippen molar-refractivity contribution >= 4 is 11.8 Å². The highest BCUT2D eigenvalue weighted by molar-refractivity contribution is 5.97. The molecule has 1 saturated heterocycles. The van der Waals surface area contributed by atoms with Gasteiger partial charge in [0.25, 0.3) is 5.91 Å². The predicted octanol–water partition coefficient (Wildman–Crippen LogP) is 3.18. The molecule has 1 fully saturated rings. The molecule has 0 radical (unpaired) electrons. The highest BCUT2D eigenvalue weighted by Gasteiger charge is 2.46. The van der Waals surface area contributed by atoms with E-state index in [2.05, 4.69) is 21.4 Å². The van der Waals surface area contributed by atoms with Gasteiger partial charge in [-0.25, -0.2) is 0 Å². The summed E-state index contributed by atoms with van der Waals surface area (Å²) in [5, 5.41) is 6.76. The maximum Gasteiger partial charge on any atom is 0.259 e. The minimum absolute atomic E-state index is 0.142. The molecule has 0 bridgehead atoms. The number of nitrogens with zero attached hydrogens (tertiary/aromatic N) is 3. The van der Waals surface area contributed by atoms with Crippen molar-refractivity contribution in [3.63, 3.8) is 0 Å². The minimum Gasteiger partial charge on any atom is -0.361 e. The number of terminal acetylenes is 1. The van der Waals surface area contributed by atoms with Gasteiger partial charge in [-0.1, -0.05) is 41.4 Å². The van der Waals surface area contributed by atoms with Crippen LogP contribution >= 0.6 is 0 Å². The van der Waals surface area contributed by atoms with E-state index in [9.17, 15) is 9.59 Å². The molecule has 1 unspecified atom stereocenters. The van der Waals surface area contributed by atoms with Crippen LogP contribution in [0, 0.1) is 31.6 Å². The monoisotopic (exact) mass is 442 g/mol. The Morgan fingerprint density at radius 2 is 2.06 bits per heavy atom. The van der Waals surface area contributed by atoms with Gasteiger partial charge in [0.15, 0.2) is 0 Å². The van der Waals surface area contributed by atoms with E-state index in [4.69, 9.17) is 10.9 Å². The van der Waals surface area contributed by atoms with E-state index < -0.39 is 5.41 Å². The van der Waals surface area contributed by atoms with Crippen molar-refractivity contribution in [1.29, 1.82) is 0 Å². The van der Waals surface area contributed by atoms with Crippen molar-refractivity contribution in [1.82, 2.24) is 20.4 Å². The van der Waals surface area contributed by atoms with Crippen molar-refractivity contribution in [2.24, 2.45) is 5.41 Å². The number of rotatable bonds is 6. The fourth-order valence-corrected chi connectivity index (χ4v) is 4.56. The van der Waals surface area contributed by atoms with E-state index in [-0.39, 0.29) is 24.9 Å². The van der Waals surface area contributed by atoms with Crippen molar-refractivity contribution < 1.29 is 14.1 Å². The molecule has 3 heterocycles. The maximum atomic E-state index is 13.4. The minimum atomic E-state index is -0.802. The molecule has 2 amide bonds. The van der Waals surface area contributed by atoms with Crippen molar-refractivity contribution in [2.45, 2.75) is 26.7 Å². The Bertz CT molecular complexity index is 1190. The Morgan fingerprint density at radius 3 is 2.76 bits per heavy atom. The third-order valence-electron chi connectivity index (χ3n) is 6.24. The molecule has 1 aliphatic heterocycles. The highest BCUT2D eigenvalue weighted by atomic mass is 16.5. The SMILES string of the molecule is C#CCNC(=O)C1(Cc2ccccc2-c2cccnc2)CCN(C(=O)c2c(C)noc2C)C1. The van der Waals surface area contributed by atoms with Gasteiger partial charge in [0.2, 0.25) is 5.91 Å². The molecule has 168 valence electrons. The Morgan fingerprint density at radius 1 is 1.24 bits per heavy atom. The van der Waals surface area contributed by atoms with Crippen LogP contribution in [0.15, 0.2) is 53.3 Å². The van der Waals surface area contributed by atoms with E-state index in [0.29, 0.717) is 36.4 Å². The van der Waals surface area contributed by atoms with Gasteiger partial charge in [-0.2, -0.15) is 0 Å². The summed E-state index contributed by atoms with van der Waals surface area (Å²) in [5.41, 5.74) is 3.23. The number of amides is 2. The number of pyridine rings is 1. The fraction of sp³-hybridized carbons (Fsp3) is 0.308. The highest BCUT2D eigenvalue weighted by Crippen LogP contribution is 2.38.